The van der Waals surface area contributed by atoms with Crippen molar-refractivity contribution in [2.75, 3.05) is 7.11 Å². The van der Waals surface area contributed by atoms with Crippen molar-refractivity contribution < 1.29 is 14.6 Å². The Labute approximate surface area is 75.5 Å². The van der Waals surface area contributed by atoms with Crippen molar-refractivity contribution in [1.29, 1.82) is 0 Å². The molecule has 0 saturated carbocycles. The molecule has 0 aliphatic rings. The van der Waals surface area contributed by atoms with Gasteiger partial charge in [0.05, 0.1) is 12.8 Å². The van der Waals surface area contributed by atoms with Gasteiger partial charge in [-0.2, -0.15) is 0 Å². The number of methoxy groups -OCH3 is 1. The quantitative estimate of drug-likeness (QED) is 0.715. The number of aliphatic carboxylic acids is 1. The van der Waals surface area contributed by atoms with Crippen LogP contribution in [0.5, 0.6) is 5.75 Å². The Balaban J connectivity index is 2.75. The predicted octanol–water partition coefficient (Wildman–Crippen LogP) is 1.48. The topological polar surface area (TPSA) is 58.9 Å². The normalized spacial score (nSPS) is 10.2. The number of ether oxygens (including phenoxy) is 1. The average molecular weight is 179 g/mol. The molecule has 0 aliphatic heterocycles. The smallest absolute Gasteiger partial charge is 0.346 e. The lowest BCUT2D eigenvalue weighted by Gasteiger charge is -1.97. The summed E-state index contributed by atoms with van der Waals surface area (Å²) in [5, 5.41) is 8.30. The fraction of sp³-hybridized carbons (Fsp3) is 0.111. The van der Waals surface area contributed by atoms with Gasteiger partial charge in [-0.15, -0.1) is 0 Å². The standard InChI is InChI=1S/C9H9NO3/c1-13-8-4-2-7(3-5-8)10-6-9(11)12/h2-6H,1H3,(H,11,12). The number of benzene rings is 1. The van der Waals surface area contributed by atoms with Crippen molar-refractivity contribution in [2.45, 2.75) is 0 Å². The number of rotatable bonds is 3. The summed E-state index contributed by atoms with van der Waals surface area (Å²) in [6.45, 7) is 0. The Bertz CT molecular complexity index is 316. The molecule has 0 heterocycles. The van der Waals surface area contributed by atoms with E-state index in [2.05, 4.69) is 4.99 Å². The number of aliphatic imine (C=N–C) groups is 1. The molecule has 0 fully saturated rings. The van der Waals surface area contributed by atoms with Crippen LogP contribution in [-0.4, -0.2) is 24.4 Å². The highest BCUT2D eigenvalue weighted by Crippen LogP contribution is 2.16. The van der Waals surface area contributed by atoms with Gasteiger partial charge < -0.3 is 9.84 Å². The summed E-state index contributed by atoms with van der Waals surface area (Å²) in [6.07, 6.45) is 0.849. The monoisotopic (exact) mass is 179 g/mol. The molecular formula is C9H9NO3. The van der Waals surface area contributed by atoms with Gasteiger partial charge >= 0.3 is 5.97 Å². The lowest BCUT2D eigenvalue weighted by Crippen LogP contribution is -1.93. The minimum atomic E-state index is -1.06. The van der Waals surface area contributed by atoms with Crippen molar-refractivity contribution >= 4 is 17.9 Å². The van der Waals surface area contributed by atoms with E-state index >= 15 is 0 Å². The van der Waals surface area contributed by atoms with E-state index in [9.17, 15) is 4.79 Å². The van der Waals surface area contributed by atoms with E-state index in [-0.39, 0.29) is 0 Å². The highest BCUT2D eigenvalue weighted by Gasteiger charge is 1.92. The van der Waals surface area contributed by atoms with Gasteiger partial charge in [0, 0.05) is 0 Å². The zero-order valence-corrected chi connectivity index (χ0v) is 7.10. The first-order valence-electron chi connectivity index (χ1n) is 3.63. The molecule has 0 radical (unpaired) electrons. The second kappa shape index (κ2) is 4.25. The van der Waals surface area contributed by atoms with Crippen molar-refractivity contribution in [3.05, 3.63) is 24.3 Å². The van der Waals surface area contributed by atoms with Gasteiger partial charge in [-0.05, 0) is 24.3 Å². The number of hydrogen-bond donors (Lipinski definition) is 1. The number of carbonyl (C=O) groups is 1. The van der Waals surface area contributed by atoms with Crippen LogP contribution in [0.1, 0.15) is 0 Å². The Morgan fingerprint density at radius 3 is 2.54 bits per heavy atom. The fourth-order valence-electron chi connectivity index (χ4n) is 0.798. The Morgan fingerprint density at radius 1 is 1.46 bits per heavy atom. The molecule has 1 aromatic carbocycles. The van der Waals surface area contributed by atoms with Crippen LogP contribution >= 0.6 is 0 Å². The van der Waals surface area contributed by atoms with Gasteiger partial charge in [0.2, 0.25) is 0 Å². The van der Waals surface area contributed by atoms with E-state index in [1.165, 1.54) is 0 Å². The van der Waals surface area contributed by atoms with E-state index in [4.69, 9.17) is 9.84 Å². The molecule has 0 atom stereocenters. The second-order valence-electron chi connectivity index (χ2n) is 2.29. The highest BCUT2D eigenvalue weighted by atomic mass is 16.5. The van der Waals surface area contributed by atoms with Crippen LogP contribution < -0.4 is 4.74 Å². The van der Waals surface area contributed by atoms with Crippen LogP contribution in [0.3, 0.4) is 0 Å². The molecule has 0 aromatic heterocycles. The molecular weight excluding hydrogens is 170 g/mol. The average Bonchev–Trinajstić information content (AvgIpc) is 2.15. The Morgan fingerprint density at radius 2 is 2.08 bits per heavy atom. The third kappa shape index (κ3) is 2.94. The van der Waals surface area contributed by atoms with Gasteiger partial charge in [-0.25, -0.2) is 9.79 Å². The van der Waals surface area contributed by atoms with Gasteiger partial charge in [0.1, 0.15) is 12.0 Å². The first kappa shape index (κ1) is 9.25. The molecule has 68 valence electrons. The molecule has 4 nitrogen and oxygen atoms in total. The van der Waals surface area contributed by atoms with Crippen LogP contribution in [0.15, 0.2) is 29.3 Å². The molecule has 0 saturated heterocycles. The van der Waals surface area contributed by atoms with Crippen molar-refractivity contribution in [1.82, 2.24) is 0 Å². The molecule has 13 heavy (non-hydrogen) atoms. The van der Waals surface area contributed by atoms with Crippen LogP contribution in [0, 0.1) is 0 Å². The molecule has 1 rings (SSSR count). The maximum Gasteiger partial charge on any atom is 0.346 e. The largest absolute Gasteiger partial charge is 0.497 e. The molecule has 1 N–H and O–H groups in total. The van der Waals surface area contributed by atoms with Gasteiger partial charge in [0.15, 0.2) is 0 Å². The SMILES string of the molecule is COc1ccc(N=CC(=O)O)cc1. The molecule has 0 amide bonds. The lowest BCUT2D eigenvalue weighted by molar-refractivity contribution is -0.128. The fourth-order valence-corrected chi connectivity index (χ4v) is 0.798. The number of carboxylic acid groups (broad SMARTS) is 1. The van der Waals surface area contributed by atoms with Crippen molar-refractivity contribution in [2.24, 2.45) is 4.99 Å². The number of nitrogens with zero attached hydrogens (tertiary/aromatic N) is 1. The zero-order valence-electron chi connectivity index (χ0n) is 7.10. The third-order valence-corrected chi connectivity index (χ3v) is 1.40. The molecule has 1 aromatic rings. The third-order valence-electron chi connectivity index (χ3n) is 1.40. The molecule has 0 spiro atoms. The maximum absolute atomic E-state index is 10.1. The van der Waals surface area contributed by atoms with E-state index in [1.54, 1.807) is 31.4 Å². The Kier molecular flexibility index (Phi) is 3.03. The predicted molar refractivity (Wildman–Crippen MR) is 48.8 cm³/mol. The minimum absolute atomic E-state index is 0.586. The van der Waals surface area contributed by atoms with E-state index in [0.717, 1.165) is 6.21 Å². The van der Waals surface area contributed by atoms with Crippen molar-refractivity contribution in [3.8, 4) is 5.75 Å². The summed E-state index contributed by atoms with van der Waals surface area (Å²) in [4.78, 5) is 13.8. The summed E-state index contributed by atoms with van der Waals surface area (Å²) in [7, 11) is 1.57. The number of carboxylic acids is 1. The maximum atomic E-state index is 10.1. The zero-order chi connectivity index (χ0) is 9.68. The lowest BCUT2D eigenvalue weighted by atomic mass is 10.3. The van der Waals surface area contributed by atoms with Crippen LogP contribution in [-0.2, 0) is 4.79 Å². The highest BCUT2D eigenvalue weighted by molar-refractivity contribution is 6.22. The first-order valence-corrected chi connectivity index (χ1v) is 3.63. The van der Waals surface area contributed by atoms with Gasteiger partial charge in [-0.1, -0.05) is 0 Å². The van der Waals surface area contributed by atoms with Crippen molar-refractivity contribution in [3.63, 3.8) is 0 Å². The summed E-state index contributed by atoms with van der Waals surface area (Å²) in [5.74, 6) is -0.343. The molecule has 0 aliphatic carbocycles. The summed E-state index contributed by atoms with van der Waals surface area (Å²) in [5.41, 5.74) is 0.586. The molecule has 0 unspecified atom stereocenters. The minimum Gasteiger partial charge on any atom is -0.497 e. The van der Waals surface area contributed by atoms with E-state index in [1.807, 2.05) is 0 Å². The van der Waals surface area contributed by atoms with Gasteiger partial charge in [-0.3, -0.25) is 0 Å². The first-order chi connectivity index (χ1) is 6.22. The van der Waals surface area contributed by atoms with Crippen LogP contribution in [0.4, 0.5) is 5.69 Å². The summed E-state index contributed by atoms with van der Waals surface area (Å²) < 4.78 is 4.93. The van der Waals surface area contributed by atoms with Crippen LogP contribution in [0.25, 0.3) is 0 Å². The van der Waals surface area contributed by atoms with E-state index in [0.29, 0.717) is 11.4 Å². The summed E-state index contributed by atoms with van der Waals surface area (Å²) in [6, 6.07) is 6.79. The Hall–Kier alpha value is -1.84. The molecule has 4 heteroatoms. The number of hydrogen-bond acceptors (Lipinski definition) is 3. The van der Waals surface area contributed by atoms with Crippen LogP contribution in [0.2, 0.25) is 0 Å². The summed E-state index contributed by atoms with van der Waals surface area (Å²) >= 11 is 0. The van der Waals surface area contributed by atoms with E-state index < -0.39 is 5.97 Å². The second-order valence-corrected chi connectivity index (χ2v) is 2.29. The molecule has 0 bridgehead atoms. The van der Waals surface area contributed by atoms with Gasteiger partial charge in [0.25, 0.3) is 0 Å².